The lowest BCUT2D eigenvalue weighted by Crippen LogP contribution is -2.44. The molecule has 0 radical (unpaired) electrons. The topological polar surface area (TPSA) is 20.3 Å². The first kappa shape index (κ1) is 18.8. The smallest absolute Gasteiger partial charge is 0.179 e. The lowest BCUT2D eigenvalue weighted by Gasteiger charge is -2.33. The van der Waals surface area contributed by atoms with Crippen LogP contribution in [0.2, 0.25) is 10.0 Å². The van der Waals surface area contributed by atoms with Crippen LogP contribution < -0.4 is 0 Å². The van der Waals surface area contributed by atoms with Crippen molar-refractivity contribution < 1.29 is 4.79 Å². The molecular formula is C16H22Cl3NO. The van der Waals surface area contributed by atoms with Crippen molar-refractivity contribution in [2.24, 2.45) is 0 Å². The zero-order valence-electron chi connectivity index (χ0n) is 12.3. The molecular weight excluding hydrogens is 329 g/mol. The molecule has 1 unspecified atom stereocenters. The van der Waals surface area contributed by atoms with Crippen molar-refractivity contribution in [2.45, 2.75) is 45.1 Å². The van der Waals surface area contributed by atoms with E-state index in [9.17, 15) is 4.79 Å². The highest BCUT2D eigenvalue weighted by Gasteiger charge is 2.27. The first-order valence-corrected chi connectivity index (χ1v) is 8.12. The van der Waals surface area contributed by atoms with E-state index in [-0.39, 0.29) is 24.2 Å². The number of Topliss-reactive ketones (excluding diaryl/α,β-unsaturated/α-hetero) is 1. The van der Waals surface area contributed by atoms with Crippen molar-refractivity contribution >= 4 is 41.4 Å². The van der Waals surface area contributed by atoms with E-state index in [1.807, 2.05) is 0 Å². The van der Waals surface area contributed by atoms with Crippen LogP contribution in [-0.2, 0) is 0 Å². The molecule has 1 aliphatic heterocycles. The van der Waals surface area contributed by atoms with Crippen molar-refractivity contribution in [3.8, 4) is 0 Å². The highest BCUT2D eigenvalue weighted by Crippen LogP contribution is 2.25. The quantitative estimate of drug-likeness (QED) is 0.676. The van der Waals surface area contributed by atoms with Gasteiger partial charge in [0, 0.05) is 5.56 Å². The zero-order chi connectivity index (χ0) is 14.5. The highest BCUT2D eigenvalue weighted by molar-refractivity contribution is 6.42. The molecule has 0 saturated carbocycles. The van der Waals surface area contributed by atoms with Gasteiger partial charge >= 0.3 is 0 Å². The molecule has 1 heterocycles. The number of benzene rings is 1. The van der Waals surface area contributed by atoms with Crippen LogP contribution in [0.4, 0.5) is 0 Å². The summed E-state index contributed by atoms with van der Waals surface area (Å²) in [5.41, 5.74) is 0.670. The largest absolute Gasteiger partial charge is 0.293 e. The Balaban J connectivity index is 0.00000220. The van der Waals surface area contributed by atoms with E-state index in [0.29, 0.717) is 15.6 Å². The van der Waals surface area contributed by atoms with Gasteiger partial charge in [-0.1, -0.05) is 43.0 Å². The molecule has 118 valence electrons. The second-order valence-electron chi connectivity index (χ2n) is 5.39. The summed E-state index contributed by atoms with van der Waals surface area (Å²) in [5, 5.41) is 0.944. The molecule has 1 atom stereocenters. The third-order valence-electron chi connectivity index (χ3n) is 3.90. The van der Waals surface area contributed by atoms with Crippen LogP contribution in [0, 0.1) is 0 Å². The molecule has 0 spiro atoms. The van der Waals surface area contributed by atoms with E-state index in [0.717, 1.165) is 25.9 Å². The number of halogens is 3. The minimum atomic E-state index is -0.0162. The van der Waals surface area contributed by atoms with Crippen LogP contribution in [0.5, 0.6) is 0 Å². The Morgan fingerprint density at radius 2 is 1.86 bits per heavy atom. The SMILES string of the molecule is CCCC(C(=O)c1ccc(Cl)c(Cl)c1)N1CCCCC1.Cl. The Bertz CT molecular complexity index is 473. The van der Waals surface area contributed by atoms with Gasteiger partial charge in [0.25, 0.3) is 0 Å². The average Bonchev–Trinajstić information content (AvgIpc) is 2.48. The second kappa shape index (κ2) is 8.99. The van der Waals surface area contributed by atoms with Gasteiger partial charge in [0.15, 0.2) is 5.78 Å². The molecule has 1 aromatic carbocycles. The van der Waals surface area contributed by atoms with Crippen molar-refractivity contribution in [1.29, 1.82) is 0 Å². The van der Waals surface area contributed by atoms with Crippen LogP contribution in [-0.4, -0.2) is 29.8 Å². The number of carbonyl (C=O) groups excluding carboxylic acids is 1. The summed E-state index contributed by atoms with van der Waals surface area (Å²) in [4.78, 5) is 15.1. The fourth-order valence-electron chi connectivity index (χ4n) is 2.82. The Morgan fingerprint density at radius 3 is 2.43 bits per heavy atom. The predicted octanol–water partition coefficient (Wildman–Crippen LogP) is 5.25. The monoisotopic (exact) mass is 349 g/mol. The molecule has 1 saturated heterocycles. The van der Waals surface area contributed by atoms with Crippen molar-refractivity contribution in [3.63, 3.8) is 0 Å². The average molecular weight is 351 g/mol. The maximum Gasteiger partial charge on any atom is 0.179 e. The summed E-state index contributed by atoms with van der Waals surface area (Å²) in [6.45, 7) is 4.18. The summed E-state index contributed by atoms with van der Waals surface area (Å²) < 4.78 is 0. The minimum Gasteiger partial charge on any atom is -0.293 e. The fourth-order valence-corrected chi connectivity index (χ4v) is 3.12. The summed E-state index contributed by atoms with van der Waals surface area (Å²) in [6, 6.07) is 5.16. The standard InChI is InChI=1S/C16H21Cl2NO.ClH/c1-2-6-15(19-9-4-3-5-10-19)16(20)12-7-8-13(17)14(18)11-12;/h7-8,11,15H,2-6,9-10H2,1H3;1H. The molecule has 21 heavy (non-hydrogen) atoms. The lowest BCUT2D eigenvalue weighted by atomic mass is 9.97. The number of nitrogens with zero attached hydrogens (tertiary/aromatic N) is 1. The molecule has 0 amide bonds. The summed E-state index contributed by atoms with van der Waals surface area (Å²) in [5.74, 6) is 0.173. The Kier molecular flexibility index (Phi) is 8.04. The van der Waals surface area contributed by atoms with Crippen LogP contribution >= 0.6 is 35.6 Å². The summed E-state index contributed by atoms with van der Waals surface area (Å²) in [7, 11) is 0. The van der Waals surface area contributed by atoms with Crippen LogP contribution in [0.3, 0.4) is 0 Å². The minimum absolute atomic E-state index is 0. The maximum atomic E-state index is 12.8. The molecule has 0 aliphatic carbocycles. The van der Waals surface area contributed by atoms with Gasteiger partial charge in [0.2, 0.25) is 0 Å². The van der Waals surface area contributed by atoms with Crippen LogP contribution in [0.25, 0.3) is 0 Å². The molecule has 2 rings (SSSR count). The van der Waals surface area contributed by atoms with Gasteiger partial charge in [-0.15, -0.1) is 12.4 Å². The highest BCUT2D eigenvalue weighted by atomic mass is 35.5. The molecule has 1 aromatic rings. The number of hydrogen-bond acceptors (Lipinski definition) is 2. The lowest BCUT2D eigenvalue weighted by molar-refractivity contribution is 0.0767. The third kappa shape index (κ3) is 4.85. The van der Waals surface area contributed by atoms with Crippen molar-refractivity contribution in [1.82, 2.24) is 4.90 Å². The number of hydrogen-bond donors (Lipinski definition) is 0. The Labute approximate surface area is 143 Å². The number of ketones is 1. The number of rotatable bonds is 5. The number of likely N-dealkylation sites (tertiary alicyclic amines) is 1. The van der Waals surface area contributed by atoms with E-state index in [4.69, 9.17) is 23.2 Å². The first-order valence-electron chi connectivity index (χ1n) is 7.36. The van der Waals surface area contributed by atoms with Gasteiger partial charge in [-0.25, -0.2) is 0 Å². The molecule has 0 N–H and O–H groups in total. The Hall–Kier alpha value is -0.280. The van der Waals surface area contributed by atoms with E-state index in [1.54, 1.807) is 18.2 Å². The second-order valence-corrected chi connectivity index (χ2v) is 6.21. The summed E-state index contributed by atoms with van der Waals surface area (Å²) in [6.07, 6.45) is 5.56. The molecule has 5 heteroatoms. The summed E-state index contributed by atoms with van der Waals surface area (Å²) >= 11 is 11.9. The van der Waals surface area contributed by atoms with E-state index in [1.165, 1.54) is 19.3 Å². The first-order chi connectivity index (χ1) is 9.63. The van der Waals surface area contributed by atoms with E-state index in [2.05, 4.69) is 11.8 Å². The van der Waals surface area contributed by atoms with Gasteiger partial charge in [-0.3, -0.25) is 9.69 Å². The van der Waals surface area contributed by atoms with Gasteiger partial charge in [0.05, 0.1) is 16.1 Å². The number of carbonyl (C=O) groups is 1. The van der Waals surface area contributed by atoms with Crippen molar-refractivity contribution in [2.75, 3.05) is 13.1 Å². The fraction of sp³-hybridized carbons (Fsp3) is 0.562. The molecule has 0 aromatic heterocycles. The predicted molar refractivity (Wildman–Crippen MR) is 92.2 cm³/mol. The van der Waals surface area contributed by atoms with Gasteiger partial charge in [-0.2, -0.15) is 0 Å². The molecule has 1 aliphatic rings. The van der Waals surface area contributed by atoms with Gasteiger partial charge in [-0.05, 0) is 50.6 Å². The van der Waals surface area contributed by atoms with Crippen molar-refractivity contribution in [3.05, 3.63) is 33.8 Å². The van der Waals surface area contributed by atoms with E-state index >= 15 is 0 Å². The Morgan fingerprint density at radius 1 is 1.19 bits per heavy atom. The van der Waals surface area contributed by atoms with Crippen LogP contribution in [0.1, 0.15) is 49.4 Å². The molecule has 2 nitrogen and oxygen atoms in total. The number of piperidine rings is 1. The van der Waals surface area contributed by atoms with Gasteiger partial charge < -0.3 is 0 Å². The third-order valence-corrected chi connectivity index (χ3v) is 4.64. The van der Waals surface area contributed by atoms with Crippen LogP contribution in [0.15, 0.2) is 18.2 Å². The molecule has 1 fully saturated rings. The molecule has 0 bridgehead atoms. The van der Waals surface area contributed by atoms with E-state index < -0.39 is 0 Å². The zero-order valence-corrected chi connectivity index (χ0v) is 14.6. The maximum absolute atomic E-state index is 12.8. The van der Waals surface area contributed by atoms with Gasteiger partial charge in [0.1, 0.15) is 0 Å². The normalized spacial score (nSPS) is 17.1.